The van der Waals surface area contributed by atoms with Crippen molar-refractivity contribution >= 4 is 0 Å². The minimum atomic E-state index is 0.294. The highest BCUT2D eigenvalue weighted by molar-refractivity contribution is 5.69. The normalized spacial score (nSPS) is 12.3. The van der Waals surface area contributed by atoms with Crippen molar-refractivity contribution in [3.63, 3.8) is 0 Å². The third-order valence-corrected chi connectivity index (χ3v) is 7.23. The molecule has 39 heavy (non-hydrogen) atoms. The van der Waals surface area contributed by atoms with E-state index in [1.807, 2.05) is 18.2 Å². The van der Waals surface area contributed by atoms with Crippen LogP contribution in [0.15, 0.2) is 72.8 Å². The summed E-state index contributed by atoms with van der Waals surface area (Å²) in [6.45, 7) is 8.35. The first-order valence-corrected chi connectivity index (χ1v) is 14.1. The number of fused-ring (bicyclic) bond motifs is 1. The van der Waals surface area contributed by atoms with E-state index in [0.717, 1.165) is 91.8 Å². The largest absolute Gasteiger partial charge is 0.497 e. The van der Waals surface area contributed by atoms with Crippen molar-refractivity contribution < 1.29 is 14.2 Å². The lowest BCUT2D eigenvalue weighted by molar-refractivity contribution is 0.174. The Bertz CT molecular complexity index is 1370. The zero-order valence-corrected chi connectivity index (χ0v) is 23.4. The fraction of sp³-hybridized carbons (Fsp3) is 0.364. The number of unbranched alkanes of at least 4 members (excludes halogenated alkanes) is 2. The Morgan fingerprint density at radius 2 is 1.64 bits per heavy atom. The molecule has 0 radical (unpaired) electrons. The molecule has 0 saturated heterocycles. The molecule has 2 heterocycles. The highest BCUT2D eigenvalue weighted by atomic mass is 16.7. The summed E-state index contributed by atoms with van der Waals surface area (Å²) in [5.74, 6) is 3.49. The Morgan fingerprint density at radius 1 is 0.846 bits per heavy atom. The van der Waals surface area contributed by atoms with Gasteiger partial charge in [0.1, 0.15) is 11.6 Å². The van der Waals surface area contributed by atoms with Gasteiger partial charge in [0.05, 0.1) is 18.5 Å². The van der Waals surface area contributed by atoms with Gasteiger partial charge in [-0.25, -0.2) is 4.98 Å². The van der Waals surface area contributed by atoms with Gasteiger partial charge in [-0.3, -0.25) is 4.90 Å². The fourth-order valence-corrected chi connectivity index (χ4v) is 5.12. The smallest absolute Gasteiger partial charge is 0.231 e. The molecule has 0 bridgehead atoms. The van der Waals surface area contributed by atoms with Gasteiger partial charge in [-0.1, -0.05) is 75.2 Å². The Balaban J connectivity index is 1.57. The predicted molar refractivity (Wildman–Crippen MR) is 156 cm³/mol. The van der Waals surface area contributed by atoms with E-state index in [4.69, 9.17) is 19.2 Å². The topological polar surface area (TPSA) is 48.8 Å². The quantitative estimate of drug-likeness (QED) is 0.180. The molecular formula is C33H39N3O3. The monoisotopic (exact) mass is 525 g/mol. The molecule has 3 aromatic carbocycles. The van der Waals surface area contributed by atoms with Crippen molar-refractivity contribution in [2.45, 2.75) is 59.2 Å². The number of hydrogen-bond acceptors (Lipinski definition) is 5. The van der Waals surface area contributed by atoms with Gasteiger partial charge in [0.25, 0.3) is 0 Å². The van der Waals surface area contributed by atoms with Crippen LogP contribution in [-0.2, 0) is 19.6 Å². The number of aromatic nitrogens is 2. The highest BCUT2D eigenvalue weighted by Crippen LogP contribution is 2.35. The van der Waals surface area contributed by atoms with E-state index in [1.54, 1.807) is 7.11 Å². The maximum Gasteiger partial charge on any atom is 0.231 e. The SMILES string of the molecule is CCCCN(Cc1ccc2c(c1)OCO2)Cc1c(-c2ccccc2)nc(-c2cccc(OC)c2)n1CCCC. The third kappa shape index (κ3) is 6.28. The standard InChI is InChI=1S/C33H39N3O3/c1-4-6-18-35(22-25-16-17-30-31(20-25)39-24-38-30)23-29-32(26-12-9-8-10-13-26)34-33(36(29)19-7-5-2)27-14-11-15-28(21-27)37-3/h8-17,20-21H,4-7,18-19,22-24H2,1-3H3. The molecule has 0 atom stereocenters. The summed E-state index contributed by atoms with van der Waals surface area (Å²) < 4.78 is 19.2. The number of ether oxygens (including phenoxy) is 3. The summed E-state index contributed by atoms with van der Waals surface area (Å²) in [4.78, 5) is 7.85. The van der Waals surface area contributed by atoms with Crippen LogP contribution < -0.4 is 14.2 Å². The summed E-state index contributed by atoms with van der Waals surface area (Å²) in [5, 5.41) is 0. The van der Waals surface area contributed by atoms with Gasteiger partial charge in [0.15, 0.2) is 11.5 Å². The number of rotatable bonds is 13. The second kappa shape index (κ2) is 12.9. The van der Waals surface area contributed by atoms with E-state index in [1.165, 1.54) is 11.3 Å². The van der Waals surface area contributed by atoms with Gasteiger partial charge < -0.3 is 18.8 Å². The lowest BCUT2D eigenvalue weighted by Crippen LogP contribution is -2.26. The number of benzene rings is 3. The molecule has 0 spiro atoms. The summed E-state index contributed by atoms with van der Waals surface area (Å²) in [6.07, 6.45) is 4.49. The molecule has 5 rings (SSSR count). The zero-order chi connectivity index (χ0) is 27.0. The van der Waals surface area contributed by atoms with Crippen molar-refractivity contribution in [1.29, 1.82) is 0 Å². The van der Waals surface area contributed by atoms with Gasteiger partial charge in [0, 0.05) is 30.8 Å². The highest BCUT2D eigenvalue weighted by Gasteiger charge is 2.23. The third-order valence-electron chi connectivity index (χ3n) is 7.23. The van der Waals surface area contributed by atoms with Crippen molar-refractivity contribution in [2.24, 2.45) is 0 Å². The van der Waals surface area contributed by atoms with E-state index < -0.39 is 0 Å². The maximum atomic E-state index is 5.67. The van der Waals surface area contributed by atoms with Crippen molar-refractivity contribution in [2.75, 3.05) is 20.4 Å². The molecule has 6 nitrogen and oxygen atoms in total. The second-order valence-corrected chi connectivity index (χ2v) is 10.1. The summed E-state index contributed by atoms with van der Waals surface area (Å²) in [6, 6.07) is 25.1. The number of methoxy groups -OCH3 is 1. The summed E-state index contributed by atoms with van der Waals surface area (Å²) in [7, 11) is 1.71. The summed E-state index contributed by atoms with van der Waals surface area (Å²) >= 11 is 0. The van der Waals surface area contributed by atoms with Crippen LogP contribution in [-0.4, -0.2) is 34.9 Å². The van der Waals surface area contributed by atoms with Gasteiger partial charge in [-0.2, -0.15) is 0 Å². The van der Waals surface area contributed by atoms with Crippen LogP contribution >= 0.6 is 0 Å². The molecule has 6 heteroatoms. The van der Waals surface area contributed by atoms with Crippen LogP contribution in [0.2, 0.25) is 0 Å². The lowest BCUT2D eigenvalue weighted by Gasteiger charge is -2.24. The van der Waals surface area contributed by atoms with Crippen LogP contribution in [0.5, 0.6) is 17.2 Å². The molecule has 0 unspecified atom stereocenters. The minimum Gasteiger partial charge on any atom is -0.497 e. The molecule has 4 aromatic rings. The first kappa shape index (κ1) is 26.8. The number of imidazole rings is 1. The molecule has 1 aliphatic rings. The molecule has 1 aliphatic heterocycles. The average molecular weight is 526 g/mol. The van der Waals surface area contributed by atoms with E-state index in [-0.39, 0.29) is 0 Å². The first-order chi connectivity index (χ1) is 19.2. The molecule has 0 saturated carbocycles. The van der Waals surface area contributed by atoms with Crippen LogP contribution in [0.1, 0.15) is 50.8 Å². The fourth-order valence-electron chi connectivity index (χ4n) is 5.12. The molecule has 1 aromatic heterocycles. The van der Waals surface area contributed by atoms with Gasteiger partial charge in [0.2, 0.25) is 6.79 Å². The predicted octanol–water partition coefficient (Wildman–Crippen LogP) is 7.56. The first-order valence-electron chi connectivity index (χ1n) is 14.1. The Hall–Kier alpha value is -3.77. The van der Waals surface area contributed by atoms with Crippen molar-refractivity contribution in [3.05, 3.63) is 84.1 Å². The van der Waals surface area contributed by atoms with Crippen LogP contribution in [0.3, 0.4) is 0 Å². The second-order valence-electron chi connectivity index (χ2n) is 10.1. The minimum absolute atomic E-state index is 0.294. The lowest BCUT2D eigenvalue weighted by atomic mass is 10.1. The Labute approximate surface area is 232 Å². The molecule has 0 fully saturated rings. The maximum absolute atomic E-state index is 5.67. The molecule has 204 valence electrons. The van der Waals surface area contributed by atoms with E-state index in [9.17, 15) is 0 Å². The van der Waals surface area contributed by atoms with Crippen LogP contribution in [0.25, 0.3) is 22.6 Å². The van der Waals surface area contributed by atoms with Crippen LogP contribution in [0.4, 0.5) is 0 Å². The Kier molecular flexibility index (Phi) is 8.84. The van der Waals surface area contributed by atoms with Crippen molar-refractivity contribution in [1.82, 2.24) is 14.5 Å². The molecule has 0 N–H and O–H groups in total. The van der Waals surface area contributed by atoms with Crippen LogP contribution in [0, 0.1) is 0 Å². The van der Waals surface area contributed by atoms with E-state index in [2.05, 4.69) is 77.9 Å². The zero-order valence-electron chi connectivity index (χ0n) is 23.4. The van der Waals surface area contributed by atoms with E-state index >= 15 is 0 Å². The van der Waals surface area contributed by atoms with Crippen molar-refractivity contribution in [3.8, 4) is 39.9 Å². The van der Waals surface area contributed by atoms with Gasteiger partial charge >= 0.3 is 0 Å². The molecular weight excluding hydrogens is 486 g/mol. The van der Waals surface area contributed by atoms with Gasteiger partial charge in [-0.15, -0.1) is 0 Å². The molecule has 0 amide bonds. The summed E-state index contributed by atoms with van der Waals surface area (Å²) in [5.41, 5.74) is 5.75. The molecule has 0 aliphatic carbocycles. The number of hydrogen-bond donors (Lipinski definition) is 0. The van der Waals surface area contributed by atoms with Gasteiger partial charge in [-0.05, 0) is 49.2 Å². The van der Waals surface area contributed by atoms with E-state index in [0.29, 0.717) is 6.79 Å². The average Bonchev–Trinajstić information content (AvgIpc) is 3.59. The Morgan fingerprint density at radius 3 is 2.44 bits per heavy atom. The number of nitrogens with zero attached hydrogens (tertiary/aromatic N) is 3.